The van der Waals surface area contributed by atoms with E-state index in [-0.39, 0.29) is 6.08 Å². The Morgan fingerprint density at radius 2 is 2.18 bits per heavy atom. The summed E-state index contributed by atoms with van der Waals surface area (Å²) in [7, 11) is 1.38. The fourth-order valence-corrected chi connectivity index (χ4v) is 1.41. The van der Waals surface area contributed by atoms with Gasteiger partial charge in [0.2, 0.25) is 0 Å². The van der Waals surface area contributed by atoms with Gasteiger partial charge in [0.05, 0.1) is 13.7 Å². The molecular formula is C11H12N2O4. The highest BCUT2D eigenvalue weighted by Crippen LogP contribution is 2.21. The van der Waals surface area contributed by atoms with Crippen LogP contribution in [0.4, 0.5) is 0 Å². The first-order chi connectivity index (χ1) is 8.26. The highest BCUT2D eigenvalue weighted by atomic mass is 16.6. The topological polar surface area (TPSA) is 66.5 Å². The van der Waals surface area contributed by atoms with E-state index in [0.717, 1.165) is 4.68 Å². The van der Waals surface area contributed by atoms with Crippen LogP contribution < -0.4 is 15.2 Å². The number of benzene rings is 1. The van der Waals surface area contributed by atoms with Gasteiger partial charge in [-0.15, -0.1) is 0 Å². The second-order valence-electron chi connectivity index (χ2n) is 3.15. The molecule has 0 N–H and O–H groups in total. The van der Waals surface area contributed by atoms with Crippen molar-refractivity contribution in [3.05, 3.63) is 34.8 Å². The molecule has 0 aliphatic carbocycles. The van der Waals surface area contributed by atoms with E-state index in [4.69, 9.17) is 13.9 Å². The van der Waals surface area contributed by atoms with Crippen LogP contribution in [0.25, 0.3) is 5.69 Å². The Labute approximate surface area is 97.4 Å². The molecule has 90 valence electrons. The van der Waals surface area contributed by atoms with Gasteiger partial charge in [-0.1, -0.05) is 17.2 Å². The van der Waals surface area contributed by atoms with Crippen LogP contribution in [0.2, 0.25) is 0 Å². The maximum atomic E-state index is 11.6. The molecule has 0 fully saturated rings. The number of hydrogen-bond acceptors (Lipinski definition) is 5. The van der Waals surface area contributed by atoms with Crippen molar-refractivity contribution >= 4 is 0 Å². The monoisotopic (exact) mass is 236 g/mol. The van der Waals surface area contributed by atoms with Crippen molar-refractivity contribution in [2.45, 2.75) is 6.92 Å². The van der Waals surface area contributed by atoms with Crippen LogP contribution in [-0.4, -0.2) is 23.5 Å². The lowest BCUT2D eigenvalue weighted by Gasteiger charge is -2.07. The predicted molar refractivity (Wildman–Crippen MR) is 59.8 cm³/mol. The lowest BCUT2D eigenvalue weighted by molar-refractivity contribution is 0.282. The third-order valence-corrected chi connectivity index (χ3v) is 2.10. The summed E-state index contributed by atoms with van der Waals surface area (Å²) < 4.78 is 16.0. The van der Waals surface area contributed by atoms with Crippen LogP contribution >= 0.6 is 0 Å². The highest BCUT2D eigenvalue weighted by molar-refractivity contribution is 5.45. The summed E-state index contributed by atoms with van der Waals surface area (Å²) >= 11 is 0. The lowest BCUT2D eigenvalue weighted by Crippen LogP contribution is -2.14. The lowest BCUT2D eigenvalue weighted by atomic mass is 10.3. The zero-order valence-corrected chi connectivity index (χ0v) is 9.54. The smallest absolute Gasteiger partial charge is 0.444 e. The maximum Gasteiger partial charge on any atom is 0.444 e. The van der Waals surface area contributed by atoms with E-state index >= 15 is 0 Å². The van der Waals surface area contributed by atoms with Crippen LogP contribution in [0.15, 0.2) is 33.5 Å². The van der Waals surface area contributed by atoms with Gasteiger partial charge in [-0.25, -0.2) is 4.79 Å². The summed E-state index contributed by atoms with van der Waals surface area (Å²) in [5, 5.41) is 3.88. The summed E-state index contributed by atoms with van der Waals surface area (Å²) in [5.74, 6) is -0.0537. The van der Waals surface area contributed by atoms with Gasteiger partial charge >= 0.3 is 11.8 Å². The normalized spacial score (nSPS) is 10.2. The van der Waals surface area contributed by atoms with Gasteiger partial charge in [0.25, 0.3) is 0 Å². The molecule has 0 spiro atoms. The van der Waals surface area contributed by atoms with Crippen molar-refractivity contribution in [2.75, 3.05) is 13.7 Å². The minimum Gasteiger partial charge on any atom is -0.492 e. The molecule has 1 aromatic heterocycles. The summed E-state index contributed by atoms with van der Waals surface area (Å²) in [6.45, 7) is 2.36. The van der Waals surface area contributed by atoms with Crippen molar-refractivity contribution in [1.82, 2.24) is 9.78 Å². The Morgan fingerprint density at radius 3 is 2.82 bits per heavy atom. The van der Waals surface area contributed by atoms with E-state index in [1.807, 2.05) is 13.0 Å². The fourth-order valence-electron chi connectivity index (χ4n) is 1.41. The minimum atomic E-state index is -0.617. The predicted octanol–water partition coefficient (Wildman–Crippen LogP) is 1.23. The van der Waals surface area contributed by atoms with Crippen LogP contribution in [0.3, 0.4) is 0 Å². The quantitative estimate of drug-likeness (QED) is 0.798. The van der Waals surface area contributed by atoms with Crippen molar-refractivity contribution in [3.63, 3.8) is 0 Å². The number of rotatable bonds is 4. The third kappa shape index (κ3) is 2.15. The summed E-state index contributed by atoms with van der Waals surface area (Å²) in [5.41, 5.74) is 0.520. The Bertz CT molecular complexity index is 559. The SMILES string of the molecule is CCOc1ccccc1-n1nc(OC)oc1=O. The van der Waals surface area contributed by atoms with E-state index in [9.17, 15) is 4.79 Å². The molecule has 17 heavy (non-hydrogen) atoms. The zero-order valence-electron chi connectivity index (χ0n) is 9.54. The molecule has 2 rings (SSSR count). The Hall–Kier alpha value is -2.24. The van der Waals surface area contributed by atoms with Gasteiger partial charge in [-0.05, 0) is 19.1 Å². The number of nitrogens with zero attached hydrogens (tertiary/aromatic N) is 2. The van der Waals surface area contributed by atoms with Gasteiger partial charge in [-0.2, -0.15) is 4.68 Å². The van der Waals surface area contributed by atoms with E-state index < -0.39 is 5.76 Å². The molecule has 0 unspecified atom stereocenters. The molecule has 0 atom stereocenters. The van der Waals surface area contributed by atoms with Crippen LogP contribution in [-0.2, 0) is 0 Å². The second-order valence-corrected chi connectivity index (χ2v) is 3.15. The average Bonchev–Trinajstić information content (AvgIpc) is 2.72. The minimum absolute atomic E-state index is 0.0821. The molecule has 0 saturated heterocycles. The highest BCUT2D eigenvalue weighted by Gasteiger charge is 2.13. The van der Waals surface area contributed by atoms with Gasteiger partial charge in [0.1, 0.15) is 11.4 Å². The summed E-state index contributed by atoms with van der Waals surface area (Å²) in [4.78, 5) is 11.6. The van der Waals surface area contributed by atoms with Crippen molar-refractivity contribution in [3.8, 4) is 17.5 Å². The van der Waals surface area contributed by atoms with Gasteiger partial charge in [0, 0.05) is 0 Å². The summed E-state index contributed by atoms with van der Waals surface area (Å²) in [6, 6.07) is 7.07. The standard InChI is InChI=1S/C11H12N2O4/c1-3-16-9-7-5-4-6-8(9)13-11(14)17-10(12-13)15-2/h4-7H,3H2,1-2H3. The van der Waals surface area contributed by atoms with Gasteiger partial charge in [-0.3, -0.25) is 0 Å². The first kappa shape index (κ1) is 11.3. The van der Waals surface area contributed by atoms with Crippen molar-refractivity contribution in [2.24, 2.45) is 0 Å². The molecule has 0 aliphatic heterocycles. The largest absolute Gasteiger partial charge is 0.492 e. The van der Waals surface area contributed by atoms with Crippen molar-refractivity contribution < 1.29 is 13.9 Å². The Balaban J connectivity index is 2.51. The zero-order chi connectivity index (χ0) is 12.3. The Morgan fingerprint density at radius 1 is 1.41 bits per heavy atom. The van der Waals surface area contributed by atoms with E-state index in [2.05, 4.69) is 5.10 Å². The molecule has 0 bridgehead atoms. The summed E-state index contributed by atoms with van der Waals surface area (Å²) in [6.07, 6.45) is -0.0821. The molecule has 6 heteroatoms. The molecule has 0 aliphatic rings. The number of ether oxygens (including phenoxy) is 2. The molecule has 1 heterocycles. The first-order valence-electron chi connectivity index (χ1n) is 5.12. The molecule has 1 aromatic carbocycles. The third-order valence-electron chi connectivity index (χ3n) is 2.10. The molecule has 2 aromatic rings. The second kappa shape index (κ2) is 4.73. The first-order valence-corrected chi connectivity index (χ1v) is 5.12. The molecule has 6 nitrogen and oxygen atoms in total. The maximum absolute atomic E-state index is 11.6. The average molecular weight is 236 g/mol. The number of methoxy groups -OCH3 is 1. The van der Waals surface area contributed by atoms with Crippen LogP contribution in [0, 0.1) is 0 Å². The van der Waals surface area contributed by atoms with E-state index in [0.29, 0.717) is 18.0 Å². The number of para-hydroxylation sites is 2. The molecule has 0 amide bonds. The van der Waals surface area contributed by atoms with Crippen LogP contribution in [0.1, 0.15) is 6.92 Å². The van der Waals surface area contributed by atoms with Gasteiger partial charge in [0.15, 0.2) is 0 Å². The van der Waals surface area contributed by atoms with Crippen LogP contribution in [0.5, 0.6) is 11.8 Å². The van der Waals surface area contributed by atoms with Crippen molar-refractivity contribution in [1.29, 1.82) is 0 Å². The van der Waals surface area contributed by atoms with E-state index in [1.54, 1.807) is 18.2 Å². The fraction of sp³-hybridized carbons (Fsp3) is 0.273. The number of hydrogen-bond donors (Lipinski definition) is 0. The molecular weight excluding hydrogens is 224 g/mol. The molecule has 0 saturated carbocycles. The molecule has 0 radical (unpaired) electrons. The number of aromatic nitrogens is 2. The van der Waals surface area contributed by atoms with Gasteiger partial charge < -0.3 is 13.9 Å². The Kier molecular flexibility index (Phi) is 3.13. The van der Waals surface area contributed by atoms with E-state index in [1.165, 1.54) is 7.11 Å².